The van der Waals surface area contributed by atoms with Crippen LogP contribution in [0.25, 0.3) is 11.1 Å². The molecule has 26 heavy (non-hydrogen) atoms. The van der Waals surface area contributed by atoms with Gasteiger partial charge in [-0.2, -0.15) is 0 Å². The second-order valence-corrected chi connectivity index (χ2v) is 6.30. The lowest BCUT2D eigenvalue weighted by Crippen LogP contribution is -2.19. The van der Waals surface area contributed by atoms with Crippen LogP contribution in [0.4, 0.5) is 0 Å². The van der Waals surface area contributed by atoms with Gasteiger partial charge in [0.05, 0.1) is 19.6 Å². The molecule has 0 heterocycles. The SMILES string of the molecule is COc1ccc(-c2ccc(C(=O)CCCCC(O)CC(N)=O)cc2)cc1. The molecule has 2 rings (SSSR count). The Morgan fingerprint density at radius 1 is 1.00 bits per heavy atom. The fourth-order valence-corrected chi connectivity index (χ4v) is 2.78. The standard InChI is InChI=1S/C21H25NO4/c1-26-19-12-10-16(11-13-19)15-6-8-17(9-7-15)20(24)5-3-2-4-18(23)14-21(22)25/h6-13,18,23H,2-5,14H2,1H3,(H2,22,25). The van der Waals surface area contributed by atoms with E-state index in [9.17, 15) is 14.7 Å². The lowest BCUT2D eigenvalue weighted by Gasteiger charge is -2.08. The summed E-state index contributed by atoms with van der Waals surface area (Å²) in [6.07, 6.45) is 1.52. The summed E-state index contributed by atoms with van der Waals surface area (Å²) in [5, 5.41) is 9.58. The monoisotopic (exact) mass is 355 g/mol. The molecule has 0 spiro atoms. The molecule has 0 saturated carbocycles. The van der Waals surface area contributed by atoms with Crippen LogP contribution < -0.4 is 10.5 Å². The van der Waals surface area contributed by atoms with Gasteiger partial charge in [-0.25, -0.2) is 0 Å². The van der Waals surface area contributed by atoms with Crippen molar-refractivity contribution in [3.63, 3.8) is 0 Å². The highest BCUT2D eigenvalue weighted by molar-refractivity contribution is 5.96. The van der Waals surface area contributed by atoms with Crippen molar-refractivity contribution in [2.75, 3.05) is 7.11 Å². The van der Waals surface area contributed by atoms with E-state index in [1.54, 1.807) is 7.11 Å². The molecule has 1 amide bonds. The van der Waals surface area contributed by atoms with E-state index in [1.165, 1.54) is 0 Å². The molecular formula is C21H25NO4. The molecule has 138 valence electrons. The normalized spacial score (nSPS) is 11.8. The summed E-state index contributed by atoms with van der Waals surface area (Å²) in [5.74, 6) is 0.377. The van der Waals surface area contributed by atoms with Crippen molar-refractivity contribution in [3.05, 3.63) is 54.1 Å². The number of carbonyl (C=O) groups is 2. The minimum absolute atomic E-state index is 0.0270. The van der Waals surface area contributed by atoms with Gasteiger partial charge in [0.15, 0.2) is 5.78 Å². The maximum atomic E-state index is 12.2. The van der Waals surface area contributed by atoms with Crippen molar-refractivity contribution >= 4 is 11.7 Å². The fourth-order valence-electron chi connectivity index (χ4n) is 2.78. The Labute approximate surface area is 153 Å². The number of hydrogen-bond donors (Lipinski definition) is 2. The van der Waals surface area contributed by atoms with Crippen molar-refractivity contribution < 1.29 is 19.4 Å². The molecule has 0 aromatic heterocycles. The number of aliphatic hydroxyl groups excluding tert-OH is 1. The van der Waals surface area contributed by atoms with Crippen molar-refractivity contribution in [1.82, 2.24) is 0 Å². The van der Waals surface area contributed by atoms with Gasteiger partial charge in [-0.15, -0.1) is 0 Å². The largest absolute Gasteiger partial charge is 0.497 e. The van der Waals surface area contributed by atoms with Gasteiger partial charge in [-0.05, 0) is 36.1 Å². The summed E-state index contributed by atoms with van der Waals surface area (Å²) < 4.78 is 5.15. The average molecular weight is 355 g/mol. The average Bonchev–Trinajstić information content (AvgIpc) is 2.64. The number of rotatable bonds is 10. The van der Waals surface area contributed by atoms with Crippen LogP contribution in [0.3, 0.4) is 0 Å². The molecule has 0 fully saturated rings. The minimum Gasteiger partial charge on any atom is -0.497 e. The molecule has 5 nitrogen and oxygen atoms in total. The van der Waals surface area contributed by atoms with Crippen LogP contribution in [-0.4, -0.2) is 30.0 Å². The fraction of sp³-hybridized carbons (Fsp3) is 0.333. The quantitative estimate of drug-likeness (QED) is 0.505. The highest BCUT2D eigenvalue weighted by atomic mass is 16.5. The van der Waals surface area contributed by atoms with Gasteiger partial charge in [0.1, 0.15) is 5.75 Å². The van der Waals surface area contributed by atoms with Crippen molar-refractivity contribution in [2.24, 2.45) is 5.73 Å². The van der Waals surface area contributed by atoms with Crippen LogP contribution in [-0.2, 0) is 4.79 Å². The summed E-state index contributed by atoms with van der Waals surface area (Å²) >= 11 is 0. The zero-order valence-corrected chi connectivity index (χ0v) is 15.0. The van der Waals surface area contributed by atoms with Gasteiger partial charge in [-0.3, -0.25) is 9.59 Å². The molecule has 0 bridgehead atoms. The van der Waals surface area contributed by atoms with Crippen LogP contribution in [0.2, 0.25) is 0 Å². The Morgan fingerprint density at radius 3 is 2.12 bits per heavy atom. The molecule has 2 aromatic rings. The number of hydrogen-bond acceptors (Lipinski definition) is 4. The Balaban J connectivity index is 1.83. The second-order valence-electron chi connectivity index (χ2n) is 6.30. The molecule has 1 unspecified atom stereocenters. The predicted octanol–water partition coefficient (Wildman–Crippen LogP) is 3.34. The van der Waals surface area contributed by atoms with Crippen LogP contribution in [0, 0.1) is 0 Å². The number of primary amides is 1. The third kappa shape index (κ3) is 6.01. The van der Waals surface area contributed by atoms with Crippen LogP contribution in [0.1, 0.15) is 42.5 Å². The van der Waals surface area contributed by atoms with Crippen molar-refractivity contribution in [2.45, 2.75) is 38.2 Å². The number of nitrogens with two attached hydrogens (primary N) is 1. The van der Waals surface area contributed by atoms with Crippen LogP contribution in [0.15, 0.2) is 48.5 Å². The highest BCUT2D eigenvalue weighted by Crippen LogP contribution is 2.23. The van der Waals surface area contributed by atoms with Gasteiger partial charge in [0.25, 0.3) is 0 Å². The van der Waals surface area contributed by atoms with Gasteiger partial charge in [0.2, 0.25) is 5.91 Å². The van der Waals surface area contributed by atoms with Crippen LogP contribution >= 0.6 is 0 Å². The maximum Gasteiger partial charge on any atom is 0.220 e. The van der Waals surface area contributed by atoms with E-state index in [4.69, 9.17) is 10.5 Å². The van der Waals surface area contributed by atoms with E-state index in [0.717, 1.165) is 16.9 Å². The number of Topliss-reactive ketones (excluding diaryl/α,β-unsaturated/α-hetero) is 1. The van der Waals surface area contributed by atoms with Gasteiger partial charge >= 0.3 is 0 Å². The highest BCUT2D eigenvalue weighted by Gasteiger charge is 2.10. The zero-order valence-electron chi connectivity index (χ0n) is 15.0. The number of aliphatic hydroxyl groups is 1. The molecule has 5 heteroatoms. The van der Waals surface area contributed by atoms with E-state index in [0.29, 0.717) is 31.2 Å². The van der Waals surface area contributed by atoms with E-state index in [2.05, 4.69) is 0 Å². The van der Waals surface area contributed by atoms with E-state index in [-0.39, 0.29) is 12.2 Å². The van der Waals surface area contributed by atoms with Crippen molar-refractivity contribution in [1.29, 1.82) is 0 Å². The molecule has 2 aromatic carbocycles. The lowest BCUT2D eigenvalue weighted by atomic mass is 9.99. The molecule has 3 N–H and O–H groups in total. The number of ketones is 1. The molecular weight excluding hydrogens is 330 g/mol. The first-order chi connectivity index (χ1) is 12.5. The first kappa shape index (κ1) is 19.7. The first-order valence-corrected chi connectivity index (χ1v) is 8.73. The summed E-state index contributed by atoms with van der Waals surface area (Å²) in [6.45, 7) is 0. The molecule has 0 aliphatic rings. The Hall–Kier alpha value is -2.66. The first-order valence-electron chi connectivity index (χ1n) is 8.73. The molecule has 0 saturated heterocycles. The predicted molar refractivity (Wildman–Crippen MR) is 101 cm³/mol. The second kappa shape index (κ2) is 9.73. The molecule has 0 aliphatic heterocycles. The number of ether oxygens (including phenoxy) is 1. The van der Waals surface area contributed by atoms with Crippen molar-refractivity contribution in [3.8, 4) is 16.9 Å². The van der Waals surface area contributed by atoms with E-state index < -0.39 is 12.0 Å². The maximum absolute atomic E-state index is 12.2. The minimum atomic E-state index is -0.716. The van der Waals surface area contributed by atoms with Gasteiger partial charge < -0.3 is 15.6 Å². The third-order valence-electron chi connectivity index (χ3n) is 4.26. The van der Waals surface area contributed by atoms with E-state index in [1.807, 2.05) is 48.5 Å². The number of amides is 1. The van der Waals surface area contributed by atoms with Crippen LogP contribution in [0.5, 0.6) is 5.75 Å². The number of unbranched alkanes of at least 4 members (excludes halogenated alkanes) is 1. The smallest absolute Gasteiger partial charge is 0.220 e. The molecule has 0 aliphatic carbocycles. The Morgan fingerprint density at radius 2 is 1.58 bits per heavy atom. The topological polar surface area (TPSA) is 89.6 Å². The Kier molecular flexibility index (Phi) is 7.36. The number of methoxy groups -OCH3 is 1. The number of carbonyl (C=O) groups excluding carboxylic acids is 2. The summed E-state index contributed by atoms with van der Waals surface area (Å²) in [5.41, 5.74) is 7.82. The third-order valence-corrected chi connectivity index (χ3v) is 4.26. The molecule has 1 atom stereocenters. The van der Waals surface area contributed by atoms with Gasteiger partial charge in [-0.1, -0.05) is 42.8 Å². The Bertz CT molecular complexity index is 723. The van der Waals surface area contributed by atoms with E-state index >= 15 is 0 Å². The number of benzene rings is 2. The van der Waals surface area contributed by atoms with Gasteiger partial charge in [0, 0.05) is 12.0 Å². The zero-order chi connectivity index (χ0) is 18.9. The summed E-state index contributed by atoms with van der Waals surface area (Å²) in [4.78, 5) is 22.9. The summed E-state index contributed by atoms with van der Waals surface area (Å²) in [6, 6.07) is 15.3. The summed E-state index contributed by atoms with van der Waals surface area (Å²) in [7, 11) is 1.63. The lowest BCUT2D eigenvalue weighted by molar-refractivity contribution is -0.119. The molecule has 0 radical (unpaired) electrons.